The summed E-state index contributed by atoms with van der Waals surface area (Å²) in [5, 5.41) is 3.32. The second kappa shape index (κ2) is 6.16. The van der Waals surface area contributed by atoms with Crippen LogP contribution in [0.1, 0.15) is 35.0 Å². The number of hydrogen-bond donors (Lipinski definition) is 1. The van der Waals surface area contributed by atoms with E-state index in [1.807, 2.05) is 6.92 Å². The van der Waals surface area contributed by atoms with Crippen molar-refractivity contribution < 1.29 is 19.1 Å². The van der Waals surface area contributed by atoms with Crippen molar-refractivity contribution in [1.82, 2.24) is 0 Å². The van der Waals surface area contributed by atoms with Crippen LogP contribution in [0.2, 0.25) is 0 Å². The lowest BCUT2D eigenvalue weighted by Crippen LogP contribution is -2.27. The van der Waals surface area contributed by atoms with E-state index < -0.39 is 12.1 Å². The fraction of sp³-hybridized carbons (Fsp3) is 0.538. The second-order valence-electron chi connectivity index (χ2n) is 4.29. The number of methoxy groups -OCH3 is 1. The Bertz CT molecular complexity index is 477. The Balaban J connectivity index is 2.15. The Hall–Kier alpha value is -1.40. The van der Waals surface area contributed by atoms with Gasteiger partial charge in [0.15, 0.2) is 0 Å². The lowest BCUT2D eigenvalue weighted by Gasteiger charge is -2.09. The van der Waals surface area contributed by atoms with E-state index in [2.05, 4.69) is 5.32 Å². The molecule has 1 aromatic heterocycles. The van der Waals surface area contributed by atoms with Crippen LogP contribution in [-0.2, 0) is 20.7 Å². The summed E-state index contributed by atoms with van der Waals surface area (Å²) in [6.07, 6.45) is 2.03. The highest BCUT2D eigenvalue weighted by molar-refractivity contribution is 7.16. The number of amides is 1. The number of nitrogens with one attached hydrogen (secondary N) is 1. The van der Waals surface area contributed by atoms with E-state index in [1.54, 1.807) is 6.07 Å². The van der Waals surface area contributed by atoms with Crippen LogP contribution in [0.15, 0.2) is 6.07 Å². The van der Waals surface area contributed by atoms with Crippen LogP contribution in [-0.4, -0.2) is 31.7 Å². The van der Waals surface area contributed by atoms with E-state index in [4.69, 9.17) is 9.47 Å². The molecule has 2 heterocycles. The molecule has 1 fully saturated rings. The maximum atomic E-state index is 12.0. The first-order chi connectivity index (χ1) is 9.15. The molecule has 2 rings (SSSR count). The van der Waals surface area contributed by atoms with Gasteiger partial charge in [-0.2, -0.15) is 0 Å². The number of hydrogen-bond acceptors (Lipinski definition) is 5. The van der Waals surface area contributed by atoms with E-state index in [9.17, 15) is 9.59 Å². The van der Waals surface area contributed by atoms with Gasteiger partial charge in [-0.1, -0.05) is 6.92 Å². The molecule has 0 aromatic carbocycles. The molecule has 1 N–H and O–H groups in total. The molecular weight excluding hydrogens is 266 g/mol. The van der Waals surface area contributed by atoms with Gasteiger partial charge in [0, 0.05) is 11.5 Å². The summed E-state index contributed by atoms with van der Waals surface area (Å²) in [6.45, 7) is 2.62. The van der Waals surface area contributed by atoms with Gasteiger partial charge >= 0.3 is 5.97 Å². The summed E-state index contributed by atoms with van der Waals surface area (Å²) in [6, 6.07) is 1.77. The zero-order valence-corrected chi connectivity index (χ0v) is 11.8. The first kappa shape index (κ1) is 14.0. The molecule has 0 aliphatic carbocycles. The molecule has 5 nitrogen and oxygen atoms in total. The van der Waals surface area contributed by atoms with Gasteiger partial charge in [0.2, 0.25) is 0 Å². The molecule has 0 radical (unpaired) electrons. The molecule has 1 atom stereocenters. The molecule has 0 bridgehead atoms. The smallest absolute Gasteiger partial charge is 0.340 e. The number of thiophene rings is 1. The number of esters is 1. The van der Waals surface area contributed by atoms with Crippen LogP contribution in [0, 0.1) is 0 Å². The van der Waals surface area contributed by atoms with Gasteiger partial charge in [-0.25, -0.2) is 4.79 Å². The normalized spacial score (nSPS) is 18.3. The summed E-state index contributed by atoms with van der Waals surface area (Å²) in [4.78, 5) is 24.7. The van der Waals surface area contributed by atoms with Gasteiger partial charge < -0.3 is 14.8 Å². The molecule has 1 aromatic rings. The lowest BCUT2D eigenvalue weighted by molar-refractivity contribution is -0.124. The highest BCUT2D eigenvalue weighted by Gasteiger charge is 2.26. The van der Waals surface area contributed by atoms with Crippen LogP contribution in [0.5, 0.6) is 0 Å². The van der Waals surface area contributed by atoms with Crippen LogP contribution in [0.4, 0.5) is 5.00 Å². The van der Waals surface area contributed by atoms with Crippen LogP contribution in [0.25, 0.3) is 0 Å². The Morgan fingerprint density at radius 1 is 1.58 bits per heavy atom. The highest BCUT2D eigenvalue weighted by atomic mass is 32.1. The van der Waals surface area contributed by atoms with Crippen LogP contribution < -0.4 is 5.32 Å². The molecule has 1 aliphatic rings. The monoisotopic (exact) mass is 283 g/mol. The largest absolute Gasteiger partial charge is 0.465 e. The van der Waals surface area contributed by atoms with Crippen molar-refractivity contribution in [3.05, 3.63) is 16.5 Å². The Morgan fingerprint density at radius 2 is 2.37 bits per heavy atom. The maximum Gasteiger partial charge on any atom is 0.340 e. The molecule has 19 heavy (non-hydrogen) atoms. The summed E-state index contributed by atoms with van der Waals surface area (Å²) in [5.74, 6) is -0.620. The average molecular weight is 283 g/mol. The predicted octanol–water partition coefficient (Wildman–Crippen LogP) is 2.21. The molecule has 0 unspecified atom stereocenters. The first-order valence-electron chi connectivity index (χ1n) is 6.29. The van der Waals surface area contributed by atoms with Gasteiger partial charge in [-0.05, 0) is 25.3 Å². The minimum Gasteiger partial charge on any atom is -0.465 e. The first-order valence-corrected chi connectivity index (χ1v) is 7.10. The summed E-state index contributed by atoms with van der Waals surface area (Å²) in [7, 11) is 1.33. The highest BCUT2D eigenvalue weighted by Crippen LogP contribution is 2.30. The molecule has 104 valence electrons. The maximum absolute atomic E-state index is 12.0. The quantitative estimate of drug-likeness (QED) is 0.860. The lowest BCUT2D eigenvalue weighted by atomic mass is 10.2. The van der Waals surface area contributed by atoms with Crippen LogP contribution in [0.3, 0.4) is 0 Å². The van der Waals surface area contributed by atoms with Gasteiger partial charge in [-0.3, -0.25) is 4.79 Å². The number of anilines is 1. The van der Waals surface area contributed by atoms with Crippen molar-refractivity contribution in [2.24, 2.45) is 0 Å². The topological polar surface area (TPSA) is 64.6 Å². The van der Waals surface area contributed by atoms with Gasteiger partial charge in [0.1, 0.15) is 11.1 Å². The van der Waals surface area contributed by atoms with E-state index in [1.165, 1.54) is 18.4 Å². The Labute approximate surface area is 115 Å². The number of carbonyl (C=O) groups is 2. The van der Waals surface area contributed by atoms with Crippen molar-refractivity contribution in [2.75, 3.05) is 19.0 Å². The summed E-state index contributed by atoms with van der Waals surface area (Å²) >= 11 is 1.40. The molecular formula is C13H17NO4S. The summed E-state index contributed by atoms with van der Waals surface area (Å²) in [5.41, 5.74) is 0.413. The van der Waals surface area contributed by atoms with Gasteiger partial charge in [0.05, 0.1) is 12.7 Å². The van der Waals surface area contributed by atoms with E-state index in [0.29, 0.717) is 17.2 Å². The zero-order valence-electron chi connectivity index (χ0n) is 11.0. The second-order valence-corrected chi connectivity index (χ2v) is 5.43. The Morgan fingerprint density at radius 3 is 2.95 bits per heavy atom. The van der Waals surface area contributed by atoms with Gasteiger partial charge in [-0.15, -0.1) is 11.3 Å². The van der Waals surface area contributed by atoms with E-state index in [-0.39, 0.29) is 5.91 Å². The van der Waals surface area contributed by atoms with Gasteiger partial charge in [0.25, 0.3) is 5.91 Å². The Kier molecular flexibility index (Phi) is 4.55. The molecule has 0 saturated carbocycles. The van der Waals surface area contributed by atoms with Crippen LogP contribution >= 0.6 is 11.3 Å². The van der Waals surface area contributed by atoms with E-state index >= 15 is 0 Å². The van der Waals surface area contributed by atoms with Crippen molar-refractivity contribution >= 4 is 28.2 Å². The minimum absolute atomic E-state index is 0.188. The third-order valence-corrected chi connectivity index (χ3v) is 4.19. The predicted molar refractivity (Wildman–Crippen MR) is 72.6 cm³/mol. The number of rotatable bonds is 4. The minimum atomic E-state index is -0.432. The third-order valence-electron chi connectivity index (χ3n) is 3.00. The third kappa shape index (κ3) is 3.13. The SMILES string of the molecule is CCc1cc(C(=O)OC)c(NC(=O)[C@H]2CCCO2)s1. The average Bonchev–Trinajstić information content (AvgIpc) is 3.06. The van der Waals surface area contributed by atoms with Crippen molar-refractivity contribution in [2.45, 2.75) is 32.3 Å². The fourth-order valence-electron chi connectivity index (χ4n) is 1.95. The van der Waals surface area contributed by atoms with Crippen molar-refractivity contribution in [3.63, 3.8) is 0 Å². The fourth-order valence-corrected chi connectivity index (χ4v) is 2.93. The van der Waals surface area contributed by atoms with Crippen molar-refractivity contribution in [1.29, 1.82) is 0 Å². The summed E-state index contributed by atoms with van der Waals surface area (Å²) < 4.78 is 10.1. The van der Waals surface area contributed by atoms with Crippen molar-refractivity contribution in [3.8, 4) is 0 Å². The number of aryl methyl sites for hydroxylation is 1. The molecule has 0 spiro atoms. The number of carbonyl (C=O) groups excluding carboxylic acids is 2. The standard InChI is InChI=1S/C13H17NO4S/c1-3-8-7-9(13(16)17-2)12(19-8)14-11(15)10-5-4-6-18-10/h7,10H,3-6H2,1-2H3,(H,14,15)/t10-/m1/s1. The number of ether oxygens (including phenoxy) is 2. The molecule has 6 heteroatoms. The molecule has 1 amide bonds. The van der Waals surface area contributed by atoms with E-state index in [0.717, 1.165) is 24.1 Å². The zero-order chi connectivity index (χ0) is 13.8. The molecule has 1 aliphatic heterocycles. The molecule has 1 saturated heterocycles.